The monoisotopic (exact) mass is 465 g/mol. The molecule has 0 amide bonds. The molecule has 0 radical (unpaired) electrons. The molecule has 0 spiro atoms. The quantitative estimate of drug-likeness (QED) is 0.457. The predicted octanol–water partition coefficient (Wildman–Crippen LogP) is 2.74. The lowest BCUT2D eigenvalue weighted by molar-refractivity contribution is -0.139. The fourth-order valence-electron chi connectivity index (χ4n) is 3.01. The maximum Gasteiger partial charge on any atom is 0.305 e. The zero-order valence-electron chi connectivity index (χ0n) is 18.4. The highest BCUT2D eigenvalue weighted by molar-refractivity contribution is 7.92. The Bertz CT molecular complexity index is 953. The molecular formula is C22H28FN3O5S. The van der Waals surface area contributed by atoms with Crippen LogP contribution in [0, 0.1) is 5.82 Å². The minimum absolute atomic E-state index is 0.0657. The topological polar surface area (TPSA) is 130 Å². The average Bonchev–Trinajstić information content (AvgIpc) is 2.70. The van der Waals surface area contributed by atoms with Crippen LogP contribution in [0.4, 0.5) is 10.3 Å². The van der Waals surface area contributed by atoms with E-state index in [1.165, 1.54) is 28.8 Å². The van der Waals surface area contributed by atoms with E-state index in [0.29, 0.717) is 22.5 Å². The van der Waals surface area contributed by atoms with Gasteiger partial charge in [-0.05, 0) is 30.2 Å². The number of aliphatic carboxylic acids is 1. The van der Waals surface area contributed by atoms with Gasteiger partial charge in [0.25, 0.3) is 5.95 Å². The van der Waals surface area contributed by atoms with Crippen LogP contribution in [0.3, 0.4) is 0 Å². The molecule has 0 aliphatic carbocycles. The Kier molecular flexibility index (Phi) is 9.14. The predicted molar refractivity (Wildman–Crippen MR) is 122 cm³/mol. The van der Waals surface area contributed by atoms with Crippen LogP contribution in [0.25, 0.3) is 17.3 Å². The SMILES string of the molecule is CC(C)c1nc(N(C)[S+](C)[O-])nc(-c2ccc(F)cc2)c1/C=C/[C@@H](O)C[C@@H](O)CC(=O)O. The van der Waals surface area contributed by atoms with Gasteiger partial charge < -0.3 is 19.9 Å². The standard InChI is InChI=1S/C22H28FN3O5S/c1-13(2)20-18(10-9-16(27)11-17(28)12-19(29)30)21(14-5-7-15(23)8-6-14)25-22(24-20)26(3)32(4)31/h5-10,13,16-17,27-28H,11-12H2,1-4H3,(H,29,30)/b10-9+/t16-,17-,32?/m1/s1. The Morgan fingerprint density at radius 2 is 1.88 bits per heavy atom. The second-order valence-corrected chi connectivity index (χ2v) is 9.06. The number of hydrogen-bond donors (Lipinski definition) is 3. The van der Waals surface area contributed by atoms with Gasteiger partial charge in [-0.3, -0.25) is 4.79 Å². The summed E-state index contributed by atoms with van der Waals surface area (Å²) in [6.07, 6.45) is 1.63. The van der Waals surface area contributed by atoms with Crippen molar-refractivity contribution in [3.8, 4) is 11.3 Å². The molecule has 1 aromatic carbocycles. The summed E-state index contributed by atoms with van der Waals surface area (Å²) in [5.41, 5.74) is 2.27. The Labute approximate surface area is 189 Å². The molecule has 10 heteroatoms. The second-order valence-electron chi connectivity index (χ2n) is 7.67. The fourth-order valence-corrected chi connectivity index (χ4v) is 3.32. The molecule has 174 valence electrons. The Morgan fingerprint density at radius 3 is 2.41 bits per heavy atom. The molecule has 0 fully saturated rings. The Morgan fingerprint density at radius 1 is 1.25 bits per heavy atom. The highest BCUT2D eigenvalue weighted by atomic mass is 32.2. The van der Waals surface area contributed by atoms with Crippen molar-refractivity contribution in [3.63, 3.8) is 0 Å². The summed E-state index contributed by atoms with van der Waals surface area (Å²) in [7, 11) is 1.60. The van der Waals surface area contributed by atoms with E-state index < -0.39 is 41.8 Å². The van der Waals surface area contributed by atoms with Crippen LogP contribution in [0.2, 0.25) is 0 Å². The summed E-state index contributed by atoms with van der Waals surface area (Å²) < 4.78 is 26.9. The van der Waals surface area contributed by atoms with Crippen molar-refractivity contribution in [2.45, 2.75) is 44.8 Å². The maximum atomic E-state index is 13.5. The van der Waals surface area contributed by atoms with E-state index >= 15 is 0 Å². The van der Waals surface area contributed by atoms with Crippen molar-refractivity contribution in [1.29, 1.82) is 0 Å². The number of hydrogen-bond acceptors (Lipinski definition) is 7. The van der Waals surface area contributed by atoms with Gasteiger partial charge in [-0.1, -0.05) is 26.0 Å². The number of rotatable bonds is 10. The van der Waals surface area contributed by atoms with E-state index in [4.69, 9.17) is 5.11 Å². The van der Waals surface area contributed by atoms with E-state index in [-0.39, 0.29) is 18.3 Å². The molecule has 1 aromatic heterocycles. The van der Waals surface area contributed by atoms with E-state index in [2.05, 4.69) is 9.97 Å². The first kappa shape index (κ1) is 25.7. The number of carbonyl (C=O) groups is 1. The molecule has 2 aromatic rings. The minimum Gasteiger partial charge on any atom is -0.593 e. The van der Waals surface area contributed by atoms with Crippen LogP contribution < -0.4 is 4.31 Å². The normalized spacial score (nSPS) is 14.5. The Hall–Kier alpha value is -2.53. The highest BCUT2D eigenvalue weighted by Crippen LogP contribution is 2.31. The van der Waals surface area contributed by atoms with Crippen LogP contribution in [-0.2, 0) is 16.2 Å². The molecule has 32 heavy (non-hydrogen) atoms. The number of carboxylic acids is 1. The van der Waals surface area contributed by atoms with Crippen LogP contribution in [0.5, 0.6) is 0 Å². The lowest BCUT2D eigenvalue weighted by Gasteiger charge is -2.21. The highest BCUT2D eigenvalue weighted by Gasteiger charge is 2.22. The van der Waals surface area contributed by atoms with Gasteiger partial charge in [0.05, 0.1) is 48.4 Å². The number of carboxylic acid groups (broad SMARTS) is 1. The second kappa shape index (κ2) is 11.4. The molecule has 0 bridgehead atoms. The van der Waals surface area contributed by atoms with Gasteiger partial charge >= 0.3 is 5.97 Å². The summed E-state index contributed by atoms with van der Waals surface area (Å²) >= 11 is -1.37. The number of nitrogens with zero attached hydrogens (tertiary/aromatic N) is 3. The third-order valence-corrected chi connectivity index (χ3v) is 5.64. The van der Waals surface area contributed by atoms with Gasteiger partial charge in [-0.15, -0.1) is 0 Å². The van der Waals surface area contributed by atoms with Crippen molar-refractivity contribution >= 4 is 29.4 Å². The van der Waals surface area contributed by atoms with Crippen molar-refractivity contribution in [2.75, 3.05) is 17.6 Å². The van der Waals surface area contributed by atoms with Gasteiger partial charge in [-0.2, -0.15) is 4.31 Å². The van der Waals surface area contributed by atoms with Crippen molar-refractivity contribution < 1.29 is 29.1 Å². The molecule has 2 rings (SSSR count). The van der Waals surface area contributed by atoms with E-state index in [9.17, 15) is 24.0 Å². The number of aromatic nitrogens is 2. The van der Waals surface area contributed by atoms with Crippen LogP contribution in [0.15, 0.2) is 30.3 Å². The molecule has 0 aliphatic heterocycles. The lowest BCUT2D eigenvalue weighted by Crippen LogP contribution is -2.27. The number of aliphatic hydroxyl groups excluding tert-OH is 2. The number of anilines is 1. The molecule has 0 saturated carbocycles. The zero-order chi connectivity index (χ0) is 24.0. The summed E-state index contributed by atoms with van der Waals surface area (Å²) in [5, 5.41) is 28.8. The number of benzene rings is 1. The van der Waals surface area contributed by atoms with Crippen molar-refractivity contribution in [3.05, 3.63) is 47.4 Å². The van der Waals surface area contributed by atoms with Gasteiger partial charge in [0.1, 0.15) is 12.1 Å². The smallest absolute Gasteiger partial charge is 0.305 e. The van der Waals surface area contributed by atoms with Gasteiger partial charge in [0, 0.05) is 17.5 Å². The average molecular weight is 466 g/mol. The molecule has 8 nitrogen and oxygen atoms in total. The molecular weight excluding hydrogens is 437 g/mol. The van der Waals surface area contributed by atoms with Crippen molar-refractivity contribution in [2.24, 2.45) is 0 Å². The fraction of sp³-hybridized carbons (Fsp3) is 0.409. The molecule has 0 aliphatic rings. The summed E-state index contributed by atoms with van der Waals surface area (Å²) in [4.78, 5) is 19.8. The maximum absolute atomic E-state index is 13.5. The van der Waals surface area contributed by atoms with Crippen LogP contribution >= 0.6 is 0 Å². The number of halogens is 1. The molecule has 3 atom stereocenters. The third-order valence-electron chi connectivity index (χ3n) is 4.70. The third kappa shape index (κ3) is 6.99. The zero-order valence-corrected chi connectivity index (χ0v) is 19.2. The van der Waals surface area contributed by atoms with Crippen LogP contribution in [-0.4, -0.2) is 61.3 Å². The first-order chi connectivity index (χ1) is 15.0. The van der Waals surface area contributed by atoms with E-state index in [0.717, 1.165) is 0 Å². The van der Waals surface area contributed by atoms with Gasteiger partial charge in [0.2, 0.25) is 0 Å². The molecule has 1 unspecified atom stereocenters. The molecule has 0 saturated heterocycles. The van der Waals surface area contributed by atoms with Gasteiger partial charge in [0.15, 0.2) is 0 Å². The largest absolute Gasteiger partial charge is 0.593 e. The lowest BCUT2D eigenvalue weighted by atomic mass is 9.97. The number of aliphatic hydroxyl groups is 2. The first-order valence-corrected chi connectivity index (χ1v) is 11.5. The van der Waals surface area contributed by atoms with E-state index in [1.54, 1.807) is 25.3 Å². The molecule has 1 heterocycles. The summed E-state index contributed by atoms with van der Waals surface area (Å²) in [6.45, 7) is 3.85. The summed E-state index contributed by atoms with van der Waals surface area (Å²) in [5.74, 6) is -1.39. The first-order valence-electron chi connectivity index (χ1n) is 10.0. The van der Waals surface area contributed by atoms with Crippen LogP contribution in [0.1, 0.15) is 43.9 Å². The Balaban J connectivity index is 2.55. The van der Waals surface area contributed by atoms with E-state index in [1.807, 2.05) is 13.8 Å². The van der Waals surface area contributed by atoms with Gasteiger partial charge in [-0.25, -0.2) is 14.4 Å². The minimum atomic E-state index is -1.37. The molecule has 3 N–H and O–H groups in total. The summed E-state index contributed by atoms with van der Waals surface area (Å²) in [6, 6.07) is 5.74. The van der Waals surface area contributed by atoms with Crippen molar-refractivity contribution in [1.82, 2.24) is 9.97 Å².